The largest absolute Gasteiger partial charge is 0.383 e. The van der Waals surface area contributed by atoms with Crippen LogP contribution in [-0.4, -0.2) is 50.7 Å². The summed E-state index contributed by atoms with van der Waals surface area (Å²) in [5.74, 6) is 0.957. The van der Waals surface area contributed by atoms with Gasteiger partial charge in [0, 0.05) is 12.6 Å². The van der Waals surface area contributed by atoms with Crippen LogP contribution in [0, 0.1) is 5.95 Å². The van der Waals surface area contributed by atoms with Crippen molar-refractivity contribution in [2.24, 2.45) is 4.99 Å². The number of guanidine groups is 1. The van der Waals surface area contributed by atoms with Crippen molar-refractivity contribution in [2.45, 2.75) is 37.9 Å². The molecule has 0 spiro atoms. The summed E-state index contributed by atoms with van der Waals surface area (Å²) >= 11 is 0. The lowest BCUT2D eigenvalue weighted by molar-refractivity contribution is 0.0866. The summed E-state index contributed by atoms with van der Waals surface area (Å²) in [4.78, 5) is 25.4. The van der Waals surface area contributed by atoms with E-state index in [-0.39, 0.29) is 18.0 Å². The molecule has 0 unspecified atom stereocenters. The number of rotatable bonds is 3. The van der Waals surface area contributed by atoms with Crippen molar-refractivity contribution in [3.8, 4) is 11.3 Å². The third-order valence-corrected chi connectivity index (χ3v) is 6.59. The molecule has 3 aliphatic rings. The van der Waals surface area contributed by atoms with E-state index < -0.39 is 5.95 Å². The van der Waals surface area contributed by atoms with Gasteiger partial charge in [-0.1, -0.05) is 30.3 Å². The van der Waals surface area contributed by atoms with Crippen molar-refractivity contribution in [1.29, 1.82) is 0 Å². The smallest absolute Gasteiger partial charge is 0.267 e. The summed E-state index contributed by atoms with van der Waals surface area (Å²) in [5.41, 5.74) is 9.22. The Labute approximate surface area is 184 Å². The Bertz CT molecular complexity index is 1270. The number of aliphatic imine (C=N–C) groups is 1. The lowest BCUT2D eigenvalue weighted by Gasteiger charge is -2.33. The number of hydrogen-bond acceptors (Lipinski definition) is 6. The van der Waals surface area contributed by atoms with E-state index in [2.05, 4.69) is 9.88 Å². The Morgan fingerprint density at radius 1 is 1.16 bits per heavy atom. The van der Waals surface area contributed by atoms with Gasteiger partial charge in [0.25, 0.3) is 5.91 Å². The summed E-state index contributed by atoms with van der Waals surface area (Å²) in [6.07, 6.45) is 3.19. The molecule has 1 amide bonds. The fourth-order valence-electron chi connectivity index (χ4n) is 4.97. The lowest BCUT2D eigenvalue weighted by atomic mass is 10.1. The second kappa shape index (κ2) is 6.88. The maximum absolute atomic E-state index is 13.4. The Kier molecular flexibility index (Phi) is 4.08. The molecule has 1 aromatic carbocycles. The molecule has 2 atom stereocenters. The second-order valence-corrected chi connectivity index (χ2v) is 8.51. The SMILES string of the molecule is CN1C(=O)c2c(nn(Cc3ccc(-c4cccc(F)n4)cc3)c2N)N2C1=N[C@@H]1CCC[C@@H]12. The summed E-state index contributed by atoms with van der Waals surface area (Å²) < 4.78 is 15.1. The standard InChI is InChI=1S/C23H22FN7O/c1-29-22(32)19-20(25)30(28-21(19)31-17-6-2-5-16(17)27-23(29)31)12-13-8-10-14(11-9-13)15-4-3-7-18(24)26-15/h3-4,7-11,16-17H,2,5-6,12,25H2,1H3/t16-,17+/m1/s1. The Hall–Kier alpha value is -3.75. The zero-order valence-electron chi connectivity index (χ0n) is 17.6. The monoisotopic (exact) mass is 431 g/mol. The van der Waals surface area contributed by atoms with Gasteiger partial charge in [-0.2, -0.15) is 9.49 Å². The van der Waals surface area contributed by atoms with E-state index in [9.17, 15) is 9.18 Å². The molecule has 0 saturated heterocycles. The molecule has 4 heterocycles. The predicted octanol–water partition coefficient (Wildman–Crippen LogP) is 2.90. The first kappa shape index (κ1) is 19.0. The van der Waals surface area contributed by atoms with E-state index in [1.54, 1.807) is 28.8 Å². The van der Waals surface area contributed by atoms with Crippen LogP contribution in [0.15, 0.2) is 47.5 Å². The highest BCUT2D eigenvalue weighted by atomic mass is 19.1. The molecule has 3 aromatic rings. The first-order valence-corrected chi connectivity index (χ1v) is 10.7. The van der Waals surface area contributed by atoms with Crippen LogP contribution in [0.5, 0.6) is 0 Å². The lowest BCUT2D eigenvalue weighted by Crippen LogP contribution is -2.51. The molecule has 0 bridgehead atoms. The number of anilines is 2. The number of nitrogens with zero attached hydrogens (tertiary/aromatic N) is 6. The number of nitrogens with two attached hydrogens (primary N) is 1. The first-order chi connectivity index (χ1) is 15.5. The van der Waals surface area contributed by atoms with Crippen LogP contribution in [0.2, 0.25) is 0 Å². The van der Waals surface area contributed by atoms with Crippen LogP contribution in [-0.2, 0) is 6.54 Å². The number of fused-ring (bicyclic) bond motifs is 5. The predicted molar refractivity (Wildman–Crippen MR) is 119 cm³/mol. The molecule has 1 fully saturated rings. The minimum atomic E-state index is -0.509. The van der Waals surface area contributed by atoms with Gasteiger partial charge in [0.15, 0.2) is 5.82 Å². The van der Waals surface area contributed by atoms with Gasteiger partial charge in [-0.3, -0.25) is 14.6 Å². The van der Waals surface area contributed by atoms with Crippen LogP contribution < -0.4 is 10.6 Å². The van der Waals surface area contributed by atoms with Crippen LogP contribution >= 0.6 is 0 Å². The normalized spacial score (nSPS) is 21.4. The Morgan fingerprint density at radius 2 is 1.97 bits per heavy atom. The number of benzene rings is 1. The van der Waals surface area contributed by atoms with E-state index in [1.165, 1.54) is 6.07 Å². The van der Waals surface area contributed by atoms with Gasteiger partial charge >= 0.3 is 0 Å². The number of carbonyl (C=O) groups is 1. The van der Waals surface area contributed by atoms with Crippen molar-refractivity contribution >= 4 is 23.5 Å². The number of nitrogen functional groups attached to an aromatic ring is 1. The van der Waals surface area contributed by atoms with Crippen molar-refractivity contribution in [3.63, 3.8) is 0 Å². The summed E-state index contributed by atoms with van der Waals surface area (Å²) in [5, 5.41) is 4.75. The minimum Gasteiger partial charge on any atom is -0.383 e. The van der Waals surface area contributed by atoms with Crippen LogP contribution in [0.3, 0.4) is 0 Å². The number of aromatic nitrogens is 3. The quantitative estimate of drug-likeness (QED) is 0.644. The molecule has 2 aromatic heterocycles. The van der Waals surface area contributed by atoms with E-state index >= 15 is 0 Å². The third-order valence-electron chi connectivity index (χ3n) is 6.59. The Balaban J connectivity index is 1.33. The van der Waals surface area contributed by atoms with Crippen molar-refractivity contribution in [1.82, 2.24) is 19.7 Å². The van der Waals surface area contributed by atoms with E-state index in [0.717, 1.165) is 30.4 Å². The number of pyridine rings is 1. The molecule has 6 rings (SSSR count). The zero-order valence-corrected chi connectivity index (χ0v) is 17.6. The number of amides is 1. The summed E-state index contributed by atoms with van der Waals surface area (Å²) in [6.45, 7) is 0.418. The maximum Gasteiger partial charge on any atom is 0.267 e. The van der Waals surface area contributed by atoms with Gasteiger partial charge in [0.1, 0.15) is 11.4 Å². The molecule has 9 heteroatoms. The highest BCUT2D eigenvalue weighted by Gasteiger charge is 2.49. The number of halogens is 1. The molecule has 1 saturated carbocycles. The molecule has 162 valence electrons. The van der Waals surface area contributed by atoms with E-state index in [1.807, 2.05) is 24.3 Å². The van der Waals surface area contributed by atoms with E-state index in [0.29, 0.717) is 35.4 Å². The molecule has 0 radical (unpaired) electrons. The molecular weight excluding hydrogens is 409 g/mol. The average molecular weight is 431 g/mol. The number of carbonyl (C=O) groups excluding carboxylic acids is 1. The fraction of sp³-hybridized carbons (Fsp3) is 0.304. The average Bonchev–Trinajstić information content (AvgIpc) is 3.46. The van der Waals surface area contributed by atoms with Crippen LogP contribution in [0.4, 0.5) is 16.0 Å². The van der Waals surface area contributed by atoms with Gasteiger partial charge in [-0.25, -0.2) is 14.7 Å². The second-order valence-electron chi connectivity index (χ2n) is 8.51. The minimum absolute atomic E-state index is 0.175. The zero-order chi connectivity index (χ0) is 22.0. The van der Waals surface area contributed by atoms with Crippen LogP contribution in [0.1, 0.15) is 35.2 Å². The van der Waals surface area contributed by atoms with E-state index in [4.69, 9.17) is 15.8 Å². The molecule has 32 heavy (non-hydrogen) atoms. The summed E-state index contributed by atoms with van der Waals surface area (Å²) in [7, 11) is 1.74. The third kappa shape index (κ3) is 2.73. The highest BCUT2D eigenvalue weighted by Crippen LogP contribution is 2.41. The van der Waals surface area contributed by atoms with Gasteiger partial charge in [0.2, 0.25) is 11.9 Å². The topological polar surface area (TPSA) is 92.6 Å². The van der Waals surface area contributed by atoms with Gasteiger partial charge < -0.3 is 5.73 Å². The molecule has 2 aliphatic heterocycles. The highest BCUT2D eigenvalue weighted by molar-refractivity contribution is 6.20. The maximum atomic E-state index is 13.4. The van der Waals surface area contributed by atoms with Gasteiger partial charge in [-0.15, -0.1) is 0 Å². The molecule has 1 aliphatic carbocycles. The fourth-order valence-corrected chi connectivity index (χ4v) is 4.97. The van der Waals surface area contributed by atoms with Gasteiger partial charge in [-0.05, 0) is 37.0 Å². The van der Waals surface area contributed by atoms with Crippen molar-refractivity contribution < 1.29 is 9.18 Å². The molecule has 2 N–H and O–H groups in total. The molecule has 8 nitrogen and oxygen atoms in total. The molecular formula is C23H22FN7O. The van der Waals surface area contributed by atoms with Crippen LogP contribution in [0.25, 0.3) is 11.3 Å². The van der Waals surface area contributed by atoms with Crippen molar-refractivity contribution in [2.75, 3.05) is 17.7 Å². The summed E-state index contributed by atoms with van der Waals surface area (Å²) in [6, 6.07) is 12.8. The van der Waals surface area contributed by atoms with Crippen molar-refractivity contribution in [3.05, 3.63) is 59.5 Å². The number of hydrogen-bond donors (Lipinski definition) is 1. The Morgan fingerprint density at radius 3 is 2.75 bits per heavy atom. The van der Waals surface area contributed by atoms with Gasteiger partial charge in [0.05, 0.1) is 24.3 Å². The first-order valence-electron chi connectivity index (χ1n) is 10.7.